The van der Waals surface area contributed by atoms with Crippen molar-refractivity contribution in [3.8, 4) is 0 Å². The molecule has 0 spiro atoms. The number of hydrogen-bond donors (Lipinski definition) is 2. The van der Waals surface area contributed by atoms with Crippen molar-refractivity contribution in [3.05, 3.63) is 10.1 Å². The maximum absolute atomic E-state index is 8.36. The summed E-state index contributed by atoms with van der Waals surface area (Å²) in [5, 5.41) is 17.0. The quantitative estimate of drug-likeness (QED) is 0.414. The first-order valence-electron chi connectivity index (χ1n) is 4.00. The van der Waals surface area contributed by atoms with Gasteiger partial charge in [0.2, 0.25) is 0 Å². The van der Waals surface area contributed by atoms with Crippen molar-refractivity contribution in [2.75, 3.05) is 13.1 Å². The molecule has 2 N–H and O–H groups in total. The fraction of sp³-hybridized carbons (Fsp3) is 1.00. The predicted molar refractivity (Wildman–Crippen MR) is 42.4 cm³/mol. The molecule has 0 unspecified atom stereocenters. The van der Waals surface area contributed by atoms with Gasteiger partial charge in [-0.1, -0.05) is 13.8 Å². The van der Waals surface area contributed by atoms with Crippen molar-refractivity contribution in [2.45, 2.75) is 13.8 Å². The third kappa shape index (κ3) is 1.66. The van der Waals surface area contributed by atoms with Crippen molar-refractivity contribution in [3.63, 3.8) is 0 Å². The highest BCUT2D eigenvalue weighted by Crippen LogP contribution is 2.59. The number of hydrogen-bond acceptors (Lipinski definition) is 3. The van der Waals surface area contributed by atoms with Crippen LogP contribution >= 0.6 is 0 Å². The summed E-state index contributed by atoms with van der Waals surface area (Å²) in [7, 11) is 0. The van der Waals surface area contributed by atoms with Crippen LogP contribution in [0.5, 0.6) is 0 Å². The standard InChI is InChI=1S/C7H13N.HNO3/c1-7(2)5-3-8-4-6(5)7;2-1(3)4/h5-6,8H,3-4H2,1-2H3;(H,2,3,4)/t5-,6+;. The Kier molecular flexibility index (Phi) is 2.23. The first-order chi connectivity index (χ1) is 5.46. The summed E-state index contributed by atoms with van der Waals surface area (Å²) < 4.78 is 0. The van der Waals surface area contributed by atoms with E-state index in [1.807, 2.05) is 0 Å². The van der Waals surface area contributed by atoms with Crippen LogP contribution in [-0.2, 0) is 0 Å². The molecule has 2 atom stereocenters. The summed E-state index contributed by atoms with van der Waals surface area (Å²) in [5.41, 5.74) is 0.700. The fourth-order valence-corrected chi connectivity index (χ4v) is 2.06. The van der Waals surface area contributed by atoms with Gasteiger partial charge in [0.25, 0.3) is 5.09 Å². The van der Waals surface area contributed by atoms with Crippen LogP contribution in [-0.4, -0.2) is 23.4 Å². The third-order valence-corrected chi connectivity index (χ3v) is 3.02. The largest absolute Gasteiger partial charge is 0.328 e. The van der Waals surface area contributed by atoms with E-state index in [9.17, 15) is 0 Å². The second-order valence-corrected chi connectivity index (χ2v) is 3.93. The van der Waals surface area contributed by atoms with Crippen LogP contribution in [0.25, 0.3) is 0 Å². The Morgan fingerprint density at radius 3 is 2.00 bits per heavy atom. The number of nitrogens with one attached hydrogen (secondary N) is 1. The van der Waals surface area contributed by atoms with Gasteiger partial charge in [-0.3, -0.25) is 0 Å². The minimum absolute atomic E-state index is 0.700. The molecule has 0 aromatic rings. The van der Waals surface area contributed by atoms with Gasteiger partial charge in [0, 0.05) is 0 Å². The molecule has 0 aromatic heterocycles. The third-order valence-electron chi connectivity index (χ3n) is 3.02. The van der Waals surface area contributed by atoms with Crippen molar-refractivity contribution < 1.29 is 10.3 Å². The van der Waals surface area contributed by atoms with E-state index in [1.54, 1.807) is 0 Å². The second kappa shape index (κ2) is 2.90. The zero-order valence-corrected chi connectivity index (χ0v) is 7.28. The summed E-state index contributed by atoms with van der Waals surface area (Å²) in [4.78, 5) is 8.36. The Morgan fingerprint density at radius 2 is 1.83 bits per heavy atom. The molecule has 0 aromatic carbocycles. The number of nitrogens with zero attached hydrogens (tertiary/aromatic N) is 1. The summed E-state index contributed by atoms with van der Waals surface area (Å²) in [6, 6.07) is 0. The van der Waals surface area contributed by atoms with Crippen molar-refractivity contribution in [1.82, 2.24) is 5.32 Å². The Bertz CT molecular complexity index is 177. The lowest BCUT2D eigenvalue weighted by molar-refractivity contribution is -0.742. The van der Waals surface area contributed by atoms with E-state index in [4.69, 9.17) is 15.3 Å². The molecule has 0 amide bonds. The molecule has 70 valence electrons. The van der Waals surface area contributed by atoms with Crippen LogP contribution in [0.4, 0.5) is 0 Å². The highest BCUT2D eigenvalue weighted by atomic mass is 16.9. The topological polar surface area (TPSA) is 75.4 Å². The van der Waals surface area contributed by atoms with Gasteiger partial charge in [0.05, 0.1) is 0 Å². The monoisotopic (exact) mass is 174 g/mol. The molecule has 1 aliphatic heterocycles. The van der Waals surface area contributed by atoms with Crippen LogP contribution in [0, 0.1) is 27.4 Å². The van der Waals surface area contributed by atoms with E-state index >= 15 is 0 Å². The van der Waals surface area contributed by atoms with E-state index in [2.05, 4.69) is 19.2 Å². The zero-order chi connectivity index (χ0) is 9.35. The molecule has 0 radical (unpaired) electrons. The van der Waals surface area contributed by atoms with Crippen LogP contribution < -0.4 is 5.32 Å². The van der Waals surface area contributed by atoms with E-state index < -0.39 is 5.09 Å². The molecule has 1 heterocycles. The molecule has 12 heavy (non-hydrogen) atoms. The van der Waals surface area contributed by atoms with Crippen molar-refractivity contribution >= 4 is 0 Å². The normalized spacial score (nSPS) is 34.5. The lowest BCUT2D eigenvalue weighted by Crippen LogP contribution is -2.17. The lowest BCUT2D eigenvalue weighted by atomic mass is 10.1. The maximum Gasteiger partial charge on any atom is 0.291 e. The van der Waals surface area contributed by atoms with Gasteiger partial charge >= 0.3 is 0 Å². The smallest absolute Gasteiger partial charge is 0.291 e. The van der Waals surface area contributed by atoms with Gasteiger partial charge in [-0.05, 0) is 30.3 Å². The number of rotatable bonds is 0. The zero-order valence-electron chi connectivity index (χ0n) is 7.28. The summed E-state index contributed by atoms with van der Waals surface area (Å²) in [6.45, 7) is 7.31. The van der Waals surface area contributed by atoms with Gasteiger partial charge < -0.3 is 10.5 Å². The molecule has 5 nitrogen and oxygen atoms in total. The average molecular weight is 174 g/mol. The van der Waals surface area contributed by atoms with E-state index in [0.29, 0.717) is 5.41 Å². The Balaban J connectivity index is 0.000000157. The molecule has 2 aliphatic rings. The van der Waals surface area contributed by atoms with Gasteiger partial charge in [0.1, 0.15) is 0 Å². The van der Waals surface area contributed by atoms with Crippen LogP contribution in [0.2, 0.25) is 0 Å². The molecule has 1 saturated heterocycles. The molecule has 2 fully saturated rings. The van der Waals surface area contributed by atoms with Crippen LogP contribution in [0.1, 0.15) is 13.8 Å². The molecule has 2 rings (SSSR count). The average Bonchev–Trinajstić information content (AvgIpc) is 2.32. The summed E-state index contributed by atoms with van der Waals surface area (Å²) in [5.74, 6) is 2.03. The van der Waals surface area contributed by atoms with Crippen LogP contribution in [0.15, 0.2) is 0 Å². The van der Waals surface area contributed by atoms with Gasteiger partial charge in [-0.2, -0.15) is 0 Å². The Hall–Kier alpha value is -0.840. The highest BCUT2D eigenvalue weighted by molar-refractivity contribution is 5.10. The first kappa shape index (κ1) is 9.25. The maximum atomic E-state index is 8.36. The van der Waals surface area contributed by atoms with Crippen molar-refractivity contribution in [2.24, 2.45) is 17.3 Å². The molecule has 1 saturated carbocycles. The molecular weight excluding hydrogens is 160 g/mol. The van der Waals surface area contributed by atoms with Gasteiger partial charge in [-0.25, -0.2) is 0 Å². The van der Waals surface area contributed by atoms with Gasteiger partial charge in [0.15, 0.2) is 0 Å². The minimum atomic E-state index is -1.50. The highest BCUT2D eigenvalue weighted by Gasteiger charge is 2.59. The van der Waals surface area contributed by atoms with Crippen molar-refractivity contribution in [1.29, 1.82) is 0 Å². The number of piperidine rings is 1. The predicted octanol–water partition coefficient (Wildman–Crippen LogP) is 0.514. The van der Waals surface area contributed by atoms with Gasteiger partial charge in [-0.15, -0.1) is 10.1 Å². The minimum Gasteiger partial charge on any atom is -0.328 e. The first-order valence-corrected chi connectivity index (χ1v) is 4.00. The Labute approximate surface area is 70.9 Å². The number of fused-ring (bicyclic) bond motifs is 1. The molecular formula is C7H14N2O3. The second-order valence-electron chi connectivity index (χ2n) is 3.93. The Morgan fingerprint density at radius 1 is 1.50 bits per heavy atom. The van der Waals surface area contributed by atoms with E-state index in [-0.39, 0.29) is 0 Å². The summed E-state index contributed by atoms with van der Waals surface area (Å²) in [6.07, 6.45) is 0. The fourth-order valence-electron chi connectivity index (χ4n) is 2.06. The summed E-state index contributed by atoms with van der Waals surface area (Å²) >= 11 is 0. The lowest BCUT2D eigenvalue weighted by Gasteiger charge is -2.06. The molecule has 0 bridgehead atoms. The van der Waals surface area contributed by atoms with E-state index in [1.165, 1.54) is 13.1 Å². The molecule has 5 heteroatoms. The molecule has 1 aliphatic carbocycles. The van der Waals surface area contributed by atoms with E-state index in [0.717, 1.165) is 11.8 Å². The van der Waals surface area contributed by atoms with Crippen LogP contribution in [0.3, 0.4) is 0 Å². The SMILES string of the molecule is CC1(C)[C@@H]2CNC[C@@H]21.O=[N+]([O-])O.